The molecule has 0 aliphatic carbocycles. The first-order valence-electron chi connectivity index (χ1n) is 6.93. The third-order valence-corrected chi connectivity index (χ3v) is 2.89. The Morgan fingerprint density at radius 3 is 1.95 bits per heavy atom. The summed E-state index contributed by atoms with van der Waals surface area (Å²) in [5.74, 6) is 2.17. The predicted octanol–water partition coefficient (Wildman–Crippen LogP) is 2.99. The molecule has 22 heavy (non-hydrogen) atoms. The van der Waals surface area contributed by atoms with Crippen molar-refractivity contribution >= 4 is 11.6 Å². The standard InChI is InChI=1S/C17H20N2O3/c1-19(2)12-17(20)18-13-4-6-15(7-5-13)22-16-10-8-14(21-3)9-11-16/h4-11H,12H2,1-3H3,(H,18,20). The van der Waals surface area contributed by atoms with E-state index in [0.717, 1.165) is 17.2 Å². The minimum absolute atomic E-state index is 0.0474. The van der Waals surface area contributed by atoms with Crippen LogP contribution in [-0.2, 0) is 4.79 Å². The van der Waals surface area contributed by atoms with Gasteiger partial charge in [0.25, 0.3) is 0 Å². The third-order valence-electron chi connectivity index (χ3n) is 2.89. The van der Waals surface area contributed by atoms with Crippen molar-refractivity contribution in [3.8, 4) is 17.2 Å². The number of rotatable bonds is 6. The van der Waals surface area contributed by atoms with E-state index >= 15 is 0 Å². The molecule has 116 valence electrons. The quantitative estimate of drug-likeness (QED) is 0.891. The minimum atomic E-state index is -0.0474. The van der Waals surface area contributed by atoms with Gasteiger partial charge in [0, 0.05) is 5.69 Å². The molecule has 2 aromatic carbocycles. The zero-order chi connectivity index (χ0) is 15.9. The Kier molecular flexibility index (Phi) is 5.38. The molecule has 2 aromatic rings. The maximum Gasteiger partial charge on any atom is 0.238 e. The highest BCUT2D eigenvalue weighted by Gasteiger charge is 2.04. The number of likely N-dealkylation sites (N-methyl/N-ethyl adjacent to an activating group) is 1. The van der Waals surface area contributed by atoms with Gasteiger partial charge in [0.2, 0.25) is 5.91 Å². The fourth-order valence-electron chi connectivity index (χ4n) is 1.87. The number of hydrogen-bond donors (Lipinski definition) is 1. The summed E-state index contributed by atoms with van der Waals surface area (Å²) in [5.41, 5.74) is 0.744. The van der Waals surface area contributed by atoms with E-state index in [9.17, 15) is 4.79 Å². The monoisotopic (exact) mass is 300 g/mol. The first kappa shape index (κ1) is 15.9. The van der Waals surface area contributed by atoms with Crippen LogP contribution in [0.5, 0.6) is 17.2 Å². The van der Waals surface area contributed by atoms with Crippen LogP contribution in [0.2, 0.25) is 0 Å². The minimum Gasteiger partial charge on any atom is -0.497 e. The van der Waals surface area contributed by atoms with Gasteiger partial charge >= 0.3 is 0 Å². The van der Waals surface area contributed by atoms with E-state index in [1.54, 1.807) is 7.11 Å². The summed E-state index contributed by atoms with van der Waals surface area (Å²) >= 11 is 0. The lowest BCUT2D eigenvalue weighted by atomic mass is 10.3. The number of benzene rings is 2. The highest BCUT2D eigenvalue weighted by molar-refractivity contribution is 5.92. The summed E-state index contributed by atoms with van der Waals surface area (Å²) < 4.78 is 10.8. The maximum absolute atomic E-state index is 11.7. The molecule has 5 nitrogen and oxygen atoms in total. The number of amides is 1. The summed E-state index contributed by atoms with van der Waals surface area (Å²) in [6.45, 7) is 0.351. The summed E-state index contributed by atoms with van der Waals surface area (Å²) in [6, 6.07) is 14.6. The number of nitrogens with one attached hydrogen (secondary N) is 1. The van der Waals surface area contributed by atoms with Crippen LogP contribution in [0.1, 0.15) is 0 Å². The molecule has 0 fully saturated rings. The van der Waals surface area contributed by atoms with Crippen LogP contribution in [0, 0.1) is 0 Å². The van der Waals surface area contributed by atoms with Crippen LogP contribution in [0.15, 0.2) is 48.5 Å². The molecule has 0 aliphatic rings. The molecule has 0 unspecified atom stereocenters. The van der Waals surface area contributed by atoms with Gasteiger partial charge < -0.3 is 19.7 Å². The van der Waals surface area contributed by atoms with Gasteiger partial charge in [0.05, 0.1) is 13.7 Å². The SMILES string of the molecule is COc1ccc(Oc2ccc(NC(=O)CN(C)C)cc2)cc1. The number of methoxy groups -OCH3 is 1. The van der Waals surface area contributed by atoms with E-state index in [-0.39, 0.29) is 5.91 Å². The van der Waals surface area contributed by atoms with E-state index < -0.39 is 0 Å². The van der Waals surface area contributed by atoms with Gasteiger partial charge in [0.15, 0.2) is 0 Å². The van der Waals surface area contributed by atoms with Gasteiger partial charge in [-0.3, -0.25) is 4.79 Å². The van der Waals surface area contributed by atoms with Crippen molar-refractivity contribution in [3.05, 3.63) is 48.5 Å². The van der Waals surface area contributed by atoms with E-state index in [2.05, 4.69) is 5.32 Å². The Labute approximate surface area is 130 Å². The van der Waals surface area contributed by atoms with Crippen molar-refractivity contribution in [1.82, 2.24) is 4.90 Å². The number of anilines is 1. The normalized spacial score (nSPS) is 10.4. The zero-order valence-electron chi connectivity index (χ0n) is 13.0. The van der Waals surface area contributed by atoms with E-state index in [4.69, 9.17) is 9.47 Å². The Balaban J connectivity index is 1.94. The van der Waals surface area contributed by atoms with Gasteiger partial charge in [-0.2, -0.15) is 0 Å². The average Bonchev–Trinajstić information content (AvgIpc) is 2.49. The van der Waals surface area contributed by atoms with Gasteiger partial charge in [0.1, 0.15) is 17.2 Å². The Bertz CT molecular complexity index is 607. The van der Waals surface area contributed by atoms with Gasteiger partial charge in [-0.1, -0.05) is 0 Å². The highest BCUT2D eigenvalue weighted by Crippen LogP contribution is 2.24. The van der Waals surface area contributed by atoms with Crippen LogP contribution in [0.25, 0.3) is 0 Å². The van der Waals surface area contributed by atoms with E-state index in [1.807, 2.05) is 67.5 Å². The molecule has 0 atom stereocenters. The topological polar surface area (TPSA) is 50.8 Å². The average molecular weight is 300 g/mol. The molecule has 5 heteroatoms. The molecule has 0 bridgehead atoms. The van der Waals surface area contributed by atoms with Crippen molar-refractivity contribution in [1.29, 1.82) is 0 Å². The molecule has 1 N–H and O–H groups in total. The molecule has 0 aliphatic heterocycles. The maximum atomic E-state index is 11.7. The molecule has 0 saturated carbocycles. The number of hydrogen-bond acceptors (Lipinski definition) is 4. The summed E-state index contributed by atoms with van der Waals surface area (Å²) in [6.07, 6.45) is 0. The fraction of sp³-hybridized carbons (Fsp3) is 0.235. The molecule has 2 rings (SSSR count). The number of nitrogens with zero attached hydrogens (tertiary/aromatic N) is 1. The molecule has 1 amide bonds. The molecule has 0 saturated heterocycles. The molecule has 0 spiro atoms. The van der Waals surface area contributed by atoms with Crippen LogP contribution >= 0.6 is 0 Å². The fourth-order valence-corrected chi connectivity index (χ4v) is 1.87. The first-order valence-corrected chi connectivity index (χ1v) is 6.93. The Morgan fingerprint density at radius 1 is 0.955 bits per heavy atom. The highest BCUT2D eigenvalue weighted by atomic mass is 16.5. The van der Waals surface area contributed by atoms with E-state index in [1.165, 1.54) is 0 Å². The third kappa shape index (κ3) is 4.79. The lowest BCUT2D eigenvalue weighted by Crippen LogP contribution is -2.26. The van der Waals surface area contributed by atoms with Crippen LogP contribution < -0.4 is 14.8 Å². The van der Waals surface area contributed by atoms with Gasteiger partial charge in [-0.15, -0.1) is 0 Å². The first-order chi connectivity index (χ1) is 10.6. The number of carbonyl (C=O) groups excluding carboxylic acids is 1. The second-order valence-corrected chi connectivity index (χ2v) is 5.09. The second kappa shape index (κ2) is 7.47. The predicted molar refractivity (Wildman–Crippen MR) is 86.7 cm³/mol. The van der Waals surface area contributed by atoms with Crippen LogP contribution in [-0.4, -0.2) is 38.6 Å². The largest absolute Gasteiger partial charge is 0.497 e. The number of ether oxygens (including phenoxy) is 2. The van der Waals surface area contributed by atoms with Crippen molar-refractivity contribution in [2.45, 2.75) is 0 Å². The van der Waals surface area contributed by atoms with Crippen molar-refractivity contribution in [2.75, 3.05) is 33.1 Å². The lowest BCUT2D eigenvalue weighted by molar-refractivity contribution is -0.116. The summed E-state index contributed by atoms with van der Waals surface area (Å²) in [5, 5.41) is 2.83. The van der Waals surface area contributed by atoms with Crippen LogP contribution in [0.3, 0.4) is 0 Å². The van der Waals surface area contributed by atoms with Crippen molar-refractivity contribution in [3.63, 3.8) is 0 Å². The van der Waals surface area contributed by atoms with Crippen molar-refractivity contribution in [2.24, 2.45) is 0 Å². The molecular weight excluding hydrogens is 280 g/mol. The summed E-state index contributed by atoms with van der Waals surface area (Å²) in [4.78, 5) is 13.5. The van der Waals surface area contributed by atoms with Gasteiger partial charge in [-0.25, -0.2) is 0 Å². The number of carbonyl (C=O) groups is 1. The van der Waals surface area contributed by atoms with Crippen molar-refractivity contribution < 1.29 is 14.3 Å². The van der Waals surface area contributed by atoms with Crippen LogP contribution in [0.4, 0.5) is 5.69 Å². The zero-order valence-corrected chi connectivity index (χ0v) is 13.0. The van der Waals surface area contributed by atoms with Gasteiger partial charge in [-0.05, 0) is 62.6 Å². The molecule has 0 radical (unpaired) electrons. The Morgan fingerprint density at radius 2 is 1.45 bits per heavy atom. The Hall–Kier alpha value is -2.53. The molecule has 0 aromatic heterocycles. The lowest BCUT2D eigenvalue weighted by Gasteiger charge is -2.11. The molecule has 0 heterocycles. The molecular formula is C17H20N2O3. The second-order valence-electron chi connectivity index (χ2n) is 5.09. The smallest absolute Gasteiger partial charge is 0.238 e. The van der Waals surface area contributed by atoms with E-state index in [0.29, 0.717) is 12.3 Å². The summed E-state index contributed by atoms with van der Waals surface area (Å²) in [7, 11) is 5.33.